The van der Waals surface area contributed by atoms with E-state index in [4.69, 9.17) is 10.5 Å². The number of H-pyrrole nitrogens is 1. The maximum Gasteiger partial charge on any atom is 0.197 e. The average molecular weight is 189 g/mol. The lowest BCUT2D eigenvalue weighted by Gasteiger charge is -2.02. The van der Waals surface area contributed by atoms with Crippen molar-refractivity contribution in [1.29, 1.82) is 0 Å². The van der Waals surface area contributed by atoms with Crippen molar-refractivity contribution in [2.75, 3.05) is 5.73 Å². The van der Waals surface area contributed by atoms with Gasteiger partial charge >= 0.3 is 0 Å². The molecule has 0 unspecified atom stereocenters. The highest BCUT2D eigenvalue weighted by atomic mass is 16.5. The van der Waals surface area contributed by atoms with Gasteiger partial charge in [-0.3, -0.25) is 0 Å². The number of hydrogen-bond acceptors (Lipinski definition) is 3. The summed E-state index contributed by atoms with van der Waals surface area (Å²) in [5.74, 6) is 1.25. The minimum atomic E-state index is 0.414. The van der Waals surface area contributed by atoms with Crippen LogP contribution in [-0.4, -0.2) is 9.97 Å². The van der Waals surface area contributed by atoms with E-state index in [1.54, 1.807) is 6.20 Å². The molecule has 0 aliphatic rings. The van der Waals surface area contributed by atoms with Gasteiger partial charge in [0.1, 0.15) is 12.4 Å². The molecule has 0 atom stereocenters. The van der Waals surface area contributed by atoms with Crippen LogP contribution < -0.4 is 10.5 Å². The van der Waals surface area contributed by atoms with Crippen molar-refractivity contribution < 1.29 is 4.74 Å². The molecule has 0 bridgehead atoms. The summed E-state index contributed by atoms with van der Waals surface area (Å²) in [5.41, 5.74) is 6.29. The predicted molar refractivity (Wildman–Crippen MR) is 53.8 cm³/mol. The molecule has 1 aromatic heterocycles. The van der Waals surface area contributed by atoms with E-state index < -0.39 is 0 Å². The second kappa shape index (κ2) is 3.83. The number of para-hydroxylation sites is 1. The molecule has 0 fully saturated rings. The first-order valence-electron chi connectivity index (χ1n) is 4.32. The number of nitrogens with one attached hydrogen (secondary N) is 1. The highest BCUT2D eigenvalue weighted by Crippen LogP contribution is 2.10. The molecular formula is C10H11N3O. The standard InChI is InChI=1S/C10H11N3O/c11-10-12-6-8(13-10)7-14-9-4-2-1-3-5-9/h1-6H,7H2,(H3,11,12,13). The van der Waals surface area contributed by atoms with Crippen molar-refractivity contribution in [1.82, 2.24) is 9.97 Å². The number of aromatic nitrogens is 2. The highest BCUT2D eigenvalue weighted by molar-refractivity contribution is 5.22. The monoisotopic (exact) mass is 189 g/mol. The van der Waals surface area contributed by atoms with Crippen LogP contribution in [0.3, 0.4) is 0 Å². The van der Waals surface area contributed by atoms with E-state index in [0.29, 0.717) is 12.6 Å². The predicted octanol–water partition coefficient (Wildman–Crippen LogP) is 1.57. The lowest BCUT2D eigenvalue weighted by molar-refractivity contribution is 0.302. The fourth-order valence-corrected chi connectivity index (χ4v) is 1.13. The van der Waals surface area contributed by atoms with Gasteiger partial charge in [0.15, 0.2) is 5.95 Å². The van der Waals surface area contributed by atoms with Crippen LogP contribution in [0.5, 0.6) is 5.75 Å². The molecule has 0 saturated heterocycles. The number of nitrogens with two attached hydrogens (primary N) is 1. The van der Waals surface area contributed by atoms with Crippen molar-refractivity contribution in [2.24, 2.45) is 0 Å². The number of imidazole rings is 1. The Morgan fingerprint density at radius 1 is 1.29 bits per heavy atom. The van der Waals surface area contributed by atoms with Gasteiger partial charge < -0.3 is 15.5 Å². The van der Waals surface area contributed by atoms with E-state index >= 15 is 0 Å². The number of aromatic amines is 1. The molecule has 1 heterocycles. The van der Waals surface area contributed by atoms with Gasteiger partial charge in [-0.25, -0.2) is 4.98 Å². The molecule has 2 aromatic rings. The third kappa shape index (κ3) is 2.04. The smallest absolute Gasteiger partial charge is 0.197 e. The minimum absolute atomic E-state index is 0.414. The van der Waals surface area contributed by atoms with E-state index in [0.717, 1.165) is 11.4 Å². The first-order chi connectivity index (χ1) is 6.84. The molecule has 14 heavy (non-hydrogen) atoms. The second-order valence-corrected chi connectivity index (χ2v) is 2.90. The van der Waals surface area contributed by atoms with E-state index in [9.17, 15) is 0 Å². The number of anilines is 1. The van der Waals surface area contributed by atoms with Crippen molar-refractivity contribution in [3.63, 3.8) is 0 Å². The van der Waals surface area contributed by atoms with E-state index in [1.807, 2.05) is 30.3 Å². The van der Waals surface area contributed by atoms with Gasteiger partial charge in [-0.15, -0.1) is 0 Å². The molecule has 72 valence electrons. The van der Waals surface area contributed by atoms with Crippen LogP contribution in [0.1, 0.15) is 5.69 Å². The number of nitrogen functional groups attached to an aromatic ring is 1. The molecule has 0 saturated carbocycles. The molecule has 1 aromatic carbocycles. The largest absolute Gasteiger partial charge is 0.487 e. The zero-order valence-corrected chi connectivity index (χ0v) is 7.60. The first kappa shape index (κ1) is 8.62. The van der Waals surface area contributed by atoms with Gasteiger partial charge in [0.25, 0.3) is 0 Å². The third-order valence-electron chi connectivity index (χ3n) is 1.79. The van der Waals surface area contributed by atoms with Gasteiger partial charge in [0.2, 0.25) is 0 Å². The topological polar surface area (TPSA) is 63.9 Å². The zero-order chi connectivity index (χ0) is 9.80. The summed E-state index contributed by atoms with van der Waals surface area (Å²) in [4.78, 5) is 6.76. The third-order valence-corrected chi connectivity index (χ3v) is 1.79. The van der Waals surface area contributed by atoms with Crippen molar-refractivity contribution >= 4 is 5.95 Å². The van der Waals surface area contributed by atoms with Gasteiger partial charge in [0, 0.05) is 0 Å². The Labute approximate surface area is 81.7 Å². The van der Waals surface area contributed by atoms with Crippen molar-refractivity contribution in [3.05, 3.63) is 42.2 Å². The lowest BCUT2D eigenvalue weighted by atomic mass is 10.3. The summed E-state index contributed by atoms with van der Waals surface area (Å²) in [7, 11) is 0. The summed E-state index contributed by atoms with van der Waals surface area (Å²) >= 11 is 0. The number of nitrogens with zero attached hydrogens (tertiary/aromatic N) is 1. The van der Waals surface area contributed by atoms with Crippen molar-refractivity contribution in [2.45, 2.75) is 6.61 Å². The van der Waals surface area contributed by atoms with Crippen molar-refractivity contribution in [3.8, 4) is 5.75 Å². The molecule has 0 spiro atoms. The Morgan fingerprint density at radius 3 is 2.71 bits per heavy atom. The van der Waals surface area contributed by atoms with Crippen LogP contribution in [0.15, 0.2) is 36.5 Å². The van der Waals surface area contributed by atoms with E-state index in [2.05, 4.69) is 9.97 Å². The molecular weight excluding hydrogens is 178 g/mol. The Bertz CT molecular complexity index is 397. The molecule has 0 aliphatic heterocycles. The maximum atomic E-state index is 5.48. The van der Waals surface area contributed by atoms with Crippen LogP contribution >= 0.6 is 0 Å². The fraction of sp³-hybridized carbons (Fsp3) is 0.100. The number of hydrogen-bond donors (Lipinski definition) is 2. The number of ether oxygens (including phenoxy) is 1. The number of rotatable bonds is 3. The number of benzene rings is 1. The van der Waals surface area contributed by atoms with Crippen LogP contribution in [0, 0.1) is 0 Å². The Morgan fingerprint density at radius 2 is 2.07 bits per heavy atom. The molecule has 4 nitrogen and oxygen atoms in total. The van der Waals surface area contributed by atoms with Crippen LogP contribution in [0.2, 0.25) is 0 Å². The van der Waals surface area contributed by atoms with Gasteiger partial charge in [-0.2, -0.15) is 0 Å². The SMILES string of the molecule is Nc1ncc(COc2ccccc2)[nH]1. The van der Waals surface area contributed by atoms with Crippen LogP contribution in [-0.2, 0) is 6.61 Å². The Balaban J connectivity index is 1.95. The first-order valence-corrected chi connectivity index (χ1v) is 4.32. The summed E-state index contributed by atoms with van der Waals surface area (Å²) in [6.45, 7) is 0.453. The van der Waals surface area contributed by atoms with E-state index in [1.165, 1.54) is 0 Å². The quantitative estimate of drug-likeness (QED) is 0.770. The van der Waals surface area contributed by atoms with Crippen LogP contribution in [0.4, 0.5) is 5.95 Å². The zero-order valence-electron chi connectivity index (χ0n) is 7.60. The van der Waals surface area contributed by atoms with E-state index in [-0.39, 0.29) is 0 Å². The highest BCUT2D eigenvalue weighted by Gasteiger charge is 1.97. The normalized spacial score (nSPS) is 10.0. The summed E-state index contributed by atoms with van der Waals surface area (Å²) in [6, 6.07) is 9.60. The summed E-state index contributed by atoms with van der Waals surface area (Å²) < 4.78 is 5.48. The summed E-state index contributed by atoms with van der Waals surface area (Å²) in [6.07, 6.45) is 1.66. The minimum Gasteiger partial charge on any atom is -0.487 e. The van der Waals surface area contributed by atoms with Gasteiger partial charge in [-0.1, -0.05) is 18.2 Å². The molecule has 3 N–H and O–H groups in total. The lowest BCUT2D eigenvalue weighted by Crippen LogP contribution is -1.95. The Kier molecular flexibility index (Phi) is 2.36. The molecule has 2 rings (SSSR count). The molecule has 0 radical (unpaired) electrons. The summed E-state index contributed by atoms with van der Waals surface area (Å²) in [5, 5.41) is 0. The van der Waals surface area contributed by atoms with Gasteiger partial charge in [-0.05, 0) is 12.1 Å². The van der Waals surface area contributed by atoms with Crippen LogP contribution in [0.25, 0.3) is 0 Å². The van der Waals surface area contributed by atoms with Gasteiger partial charge in [0.05, 0.1) is 11.9 Å². The molecule has 0 amide bonds. The average Bonchev–Trinajstić information content (AvgIpc) is 2.63. The maximum absolute atomic E-state index is 5.48. The Hall–Kier alpha value is -1.97. The molecule has 4 heteroatoms. The fourth-order valence-electron chi connectivity index (χ4n) is 1.13. The second-order valence-electron chi connectivity index (χ2n) is 2.90. The molecule has 0 aliphatic carbocycles.